The standard InChI is InChI=1S/C20H21Cl2N3O3S/c1-24(12-17(26)23-18-13(21)6-4-7-14(18)22)19(27)15-8-2-3-10-25(15)20(28)16-9-5-11-29-16/h4-7,9,11,15H,2-3,8,10,12H2,1H3,(H,23,26)/t15-/m1/s1. The molecule has 29 heavy (non-hydrogen) atoms. The number of nitrogens with zero attached hydrogens (tertiary/aromatic N) is 2. The molecule has 2 aromatic rings. The first-order chi connectivity index (χ1) is 13.9. The molecule has 0 aliphatic carbocycles. The lowest BCUT2D eigenvalue weighted by atomic mass is 10.0. The van der Waals surface area contributed by atoms with Gasteiger partial charge in [-0.2, -0.15) is 0 Å². The van der Waals surface area contributed by atoms with E-state index in [1.807, 2.05) is 11.4 Å². The van der Waals surface area contributed by atoms with Crippen molar-refractivity contribution in [1.29, 1.82) is 0 Å². The van der Waals surface area contributed by atoms with E-state index in [9.17, 15) is 14.4 Å². The number of carbonyl (C=O) groups excluding carboxylic acids is 3. The number of hydrogen-bond acceptors (Lipinski definition) is 4. The Hall–Kier alpha value is -2.09. The molecule has 0 bridgehead atoms. The number of likely N-dealkylation sites (tertiary alicyclic amines) is 1. The van der Waals surface area contributed by atoms with E-state index in [4.69, 9.17) is 23.2 Å². The number of anilines is 1. The second-order valence-corrected chi connectivity index (χ2v) is 8.59. The van der Waals surface area contributed by atoms with Crippen LogP contribution in [0.1, 0.15) is 28.9 Å². The monoisotopic (exact) mass is 453 g/mol. The van der Waals surface area contributed by atoms with E-state index in [0.29, 0.717) is 33.6 Å². The molecule has 3 amide bonds. The highest BCUT2D eigenvalue weighted by atomic mass is 35.5. The molecule has 1 aliphatic heterocycles. The molecule has 1 saturated heterocycles. The highest BCUT2D eigenvalue weighted by Gasteiger charge is 2.35. The average molecular weight is 454 g/mol. The van der Waals surface area contributed by atoms with Gasteiger partial charge in [-0.1, -0.05) is 35.3 Å². The van der Waals surface area contributed by atoms with Gasteiger partial charge in [0.15, 0.2) is 0 Å². The third-order valence-corrected chi connectivity index (χ3v) is 6.25. The van der Waals surface area contributed by atoms with Crippen LogP contribution in [0.5, 0.6) is 0 Å². The summed E-state index contributed by atoms with van der Waals surface area (Å²) in [7, 11) is 1.55. The number of hydrogen-bond donors (Lipinski definition) is 1. The maximum absolute atomic E-state index is 13.0. The maximum atomic E-state index is 13.0. The van der Waals surface area contributed by atoms with Gasteiger partial charge in [0.25, 0.3) is 5.91 Å². The minimum Gasteiger partial charge on any atom is -0.335 e. The third kappa shape index (κ3) is 5.10. The van der Waals surface area contributed by atoms with Crippen LogP contribution in [-0.4, -0.2) is 53.7 Å². The number of carbonyl (C=O) groups is 3. The number of halogens is 2. The smallest absolute Gasteiger partial charge is 0.264 e. The largest absolute Gasteiger partial charge is 0.335 e. The number of rotatable bonds is 5. The van der Waals surface area contributed by atoms with Gasteiger partial charge in [0.2, 0.25) is 11.8 Å². The first-order valence-corrected chi connectivity index (χ1v) is 10.9. The Kier molecular flexibility index (Phi) is 7.16. The summed E-state index contributed by atoms with van der Waals surface area (Å²) in [5.74, 6) is -0.809. The summed E-state index contributed by atoms with van der Waals surface area (Å²) in [5.41, 5.74) is 0.314. The predicted octanol–water partition coefficient (Wildman–Crippen LogP) is 4.15. The molecule has 1 N–H and O–H groups in total. The Morgan fingerprint density at radius 2 is 1.90 bits per heavy atom. The molecule has 154 valence electrons. The number of piperidine rings is 1. The van der Waals surface area contributed by atoms with Crippen LogP contribution >= 0.6 is 34.5 Å². The van der Waals surface area contributed by atoms with Crippen molar-refractivity contribution in [3.63, 3.8) is 0 Å². The van der Waals surface area contributed by atoms with Gasteiger partial charge in [0.1, 0.15) is 6.04 Å². The molecule has 1 aromatic carbocycles. The van der Waals surface area contributed by atoms with Crippen molar-refractivity contribution in [3.05, 3.63) is 50.6 Å². The second kappa shape index (κ2) is 9.61. The van der Waals surface area contributed by atoms with Crippen LogP contribution in [-0.2, 0) is 9.59 Å². The van der Waals surface area contributed by atoms with Crippen LogP contribution in [0.15, 0.2) is 35.7 Å². The van der Waals surface area contributed by atoms with Gasteiger partial charge < -0.3 is 15.1 Å². The third-order valence-electron chi connectivity index (χ3n) is 4.76. The summed E-state index contributed by atoms with van der Waals surface area (Å²) in [5, 5.41) is 5.12. The molecule has 6 nitrogen and oxygen atoms in total. The van der Waals surface area contributed by atoms with Gasteiger partial charge in [0, 0.05) is 13.6 Å². The van der Waals surface area contributed by atoms with Crippen LogP contribution in [0.25, 0.3) is 0 Å². The summed E-state index contributed by atoms with van der Waals surface area (Å²) >= 11 is 13.5. The lowest BCUT2D eigenvalue weighted by molar-refractivity contribution is -0.138. The molecule has 3 rings (SSSR count). The van der Waals surface area contributed by atoms with E-state index in [1.54, 1.807) is 36.2 Å². The van der Waals surface area contributed by atoms with Crippen molar-refractivity contribution >= 4 is 57.9 Å². The van der Waals surface area contributed by atoms with Gasteiger partial charge in [-0.15, -0.1) is 11.3 Å². The van der Waals surface area contributed by atoms with Crippen molar-refractivity contribution in [2.45, 2.75) is 25.3 Å². The van der Waals surface area contributed by atoms with E-state index in [-0.39, 0.29) is 18.4 Å². The first kappa shape index (κ1) is 21.6. The predicted molar refractivity (Wildman–Crippen MR) is 116 cm³/mol. The van der Waals surface area contributed by atoms with E-state index < -0.39 is 11.9 Å². The fourth-order valence-electron chi connectivity index (χ4n) is 3.32. The van der Waals surface area contributed by atoms with Gasteiger partial charge in [-0.3, -0.25) is 14.4 Å². The molecule has 1 aliphatic rings. The van der Waals surface area contributed by atoms with E-state index in [0.717, 1.165) is 12.8 Å². The molecule has 1 aromatic heterocycles. The van der Waals surface area contributed by atoms with E-state index in [2.05, 4.69) is 5.32 Å². The van der Waals surface area contributed by atoms with Crippen molar-refractivity contribution in [3.8, 4) is 0 Å². The molecular weight excluding hydrogens is 433 g/mol. The Balaban J connectivity index is 1.66. The Morgan fingerprint density at radius 3 is 2.55 bits per heavy atom. The highest BCUT2D eigenvalue weighted by molar-refractivity contribution is 7.12. The van der Waals surface area contributed by atoms with E-state index >= 15 is 0 Å². The van der Waals surface area contributed by atoms with Crippen LogP contribution in [0.2, 0.25) is 10.0 Å². The lowest BCUT2D eigenvalue weighted by Gasteiger charge is -2.36. The van der Waals surface area contributed by atoms with Crippen molar-refractivity contribution in [1.82, 2.24) is 9.80 Å². The molecule has 0 saturated carbocycles. The van der Waals surface area contributed by atoms with Crippen molar-refractivity contribution in [2.75, 3.05) is 25.5 Å². The number of likely N-dealkylation sites (N-methyl/N-ethyl adjacent to an activating group) is 1. The molecular formula is C20H21Cl2N3O3S. The second-order valence-electron chi connectivity index (χ2n) is 6.83. The van der Waals surface area contributed by atoms with E-state index in [1.165, 1.54) is 16.2 Å². The molecule has 0 unspecified atom stereocenters. The number of amides is 3. The number of thiophene rings is 1. The van der Waals surface area contributed by atoms with Crippen LogP contribution in [0.4, 0.5) is 5.69 Å². The summed E-state index contributed by atoms with van der Waals surface area (Å²) in [6.07, 6.45) is 2.30. The normalized spacial score (nSPS) is 16.4. The zero-order valence-corrected chi connectivity index (χ0v) is 18.2. The molecule has 0 spiro atoms. The van der Waals surface area contributed by atoms with Crippen LogP contribution < -0.4 is 5.32 Å². The average Bonchev–Trinajstić information content (AvgIpc) is 3.24. The van der Waals surface area contributed by atoms with Crippen LogP contribution in [0.3, 0.4) is 0 Å². The fourth-order valence-corrected chi connectivity index (χ4v) is 4.49. The Labute approximate surface area is 183 Å². The molecule has 0 radical (unpaired) electrons. The minimum absolute atomic E-state index is 0.140. The van der Waals surface area contributed by atoms with Gasteiger partial charge in [-0.25, -0.2) is 0 Å². The highest BCUT2D eigenvalue weighted by Crippen LogP contribution is 2.29. The van der Waals surface area contributed by atoms with Gasteiger partial charge in [-0.05, 0) is 42.8 Å². The molecule has 9 heteroatoms. The SMILES string of the molecule is CN(CC(=O)Nc1c(Cl)cccc1Cl)C(=O)[C@H]1CCCCN1C(=O)c1cccs1. The van der Waals surface area contributed by atoms with Crippen LogP contribution in [0, 0.1) is 0 Å². The summed E-state index contributed by atoms with van der Waals surface area (Å²) in [6.45, 7) is 0.361. The van der Waals surface area contributed by atoms with Gasteiger partial charge in [0.05, 0.1) is 27.2 Å². The topological polar surface area (TPSA) is 69.7 Å². The van der Waals surface area contributed by atoms with Crippen molar-refractivity contribution < 1.29 is 14.4 Å². The fraction of sp³-hybridized carbons (Fsp3) is 0.350. The minimum atomic E-state index is -0.569. The molecule has 2 heterocycles. The Bertz CT molecular complexity index is 884. The number of nitrogens with one attached hydrogen (secondary N) is 1. The molecule has 1 atom stereocenters. The van der Waals surface area contributed by atoms with Crippen molar-refractivity contribution in [2.24, 2.45) is 0 Å². The summed E-state index contributed by atoms with van der Waals surface area (Å²) in [4.78, 5) is 41.8. The lowest BCUT2D eigenvalue weighted by Crippen LogP contribution is -2.53. The summed E-state index contributed by atoms with van der Waals surface area (Å²) in [6, 6.07) is 7.92. The number of para-hydroxylation sites is 1. The summed E-state index contributed by atoms with van der Waals surface area (Å²) < 4.78 is 0. The Morgan fingerprint density at radius 1 is 1.17 bits per heavy atom. The zero-order valence-electron chi connectivity index (χ0n) is 15.9. The van der Waals surface area contributed by atoms with Gasteiger partial charge >= 0.3 is 0 Å². The quantitative estimate of drug-likeness (QED) is 0.738. The maximum Gasteiger partial charge on any atom is 0.264 e. The zero-order chi connectivity index (χ0) is 21.0. The number of benzene rings is 1. The first-order valence-electron chi connectivity index (χ1n) is 9.22. The molecule has 1 fully saturated rings.